The molecule has 0 saturated carbocycles. The molecule has 2 aromatic heterocycles. The van der Waals surface area contributed by atoms with Gasteiger partial charge >= 0.3 is 0 Å². The van der Waals surface area contributed by atoms with Gasteiger partial charge in [-0.05, 0) is 39.0 Å². The van der Waals surface area contributed by atoms with Gasteiger partial charge in [-0.1, -0.05) is 0 Å². The number of hydrogen-bond acceptors (Lipinski definition) is 7. The van der Waals surface area contributed by atoms with Gasteiger partial charge in [0.05, 0.1) is 5.69 Å². The number of aryl methyl sites for hydroxylation is 2. The van der Waals surface area contributed by atoms with Crippen molar-refractivity contribution >= 4 is 11.7 Å². The third-order valence-corrected chi connectivity index (χ3v) is 4.67. The number of carbonyl (C=O) groups is 1. The van der Waals surface area contributed by atoms with Crippen LogP contribution in [0.15, 0.2) is 30.6 Å². The number of nitrogens with zero attached hydrogens (tertiary/aromatic N) is 4. The quantitative estimate of drug-likeness (QED) is 0.618. The highest BCUT2D eigenvalue weighted by molar-refractivity contribution is 5.94. The van der Waals surface area contributed by atoms with E-state index in [0.717, 1.165) is 17.2 Å². The molecule has 0 bridgehead atoms. The molecule has 9 heteroatoms. The van der Waals surface area contributed by atoms with Crippen molar-refractivity contribution in [1.29, 1.82) is 0 Å². The predicted molar refractivity (Wildman–Crippen MR) is 107 cm³/mol. The standard InChI is InChI=1S/C20H22N6O3/c1-12-13(2)26(10-23-12)19-9-18(24-14(3)25-19)21-6-7-22-20(27)15-4-5-16-17(8-15)29-11-28-16/h4-5,8-10H,6-7,11H2,1-3H3,(H,22,27)(H,21,24,25). The summed E-state index contributed by atoms with van der Waals surface area (Å²) in [4.78, 5) is 25.5. The Kier molecular flexibility index (Phi) is 5.03. The minimum atomic E-state index is -0.172. The van der Waals surface area contributed by atoms with Gasteiger partial charge in [-0.15, -0.1) is 0 Å². The van der Waals surface area contributed by atoms with Crippen LogP contribution in [0.4, 0.5) is 5.82 Å². The summed E-state index contributed by atoms with van der Waals surface area (Å²) in [5.41, 5.74) is 2.52. The first-order valence-electron chi connectivity index (χ1n) is 9.29. The second-order valence-corrected chi connectivity index (χ2v) is 6.69. The molecule has 1 aliphatic heterocycles. The van der Waals surface area contributed by atoms with Crippen molar-refractivity contribution in [2.75, 3.05) is 25.2 Å². The first-order chi connectivity index (χ1) is 14.0. The van der Waals surface area contributed by atoms with Gasteiger partial charge < -0.3 is 20.1 Å². The highest BCUT2D eigenvalue weighted by atomic mass is 16.7. The number of amides is 1. The number of imidazole rings is 1. The van der Waals surface area contributed by atoms with E-state index < -0.39 is 0 Å². The summed E-state index contributed by atoms with van der Waals surface area (Å²) in [5.74, 6) is 3.17. The molecule has 0 spiro atoms. The molecule has 0 aliphatic carbocycles. The van der Waals surface area contributed by atoms with Gasteiger partial charge in [0.2, 0.25) is 6.79 Å². The second kappa shape index (κ2) is 7.78. The largest absolute Gasteiger partial charge is 0.454 e. The van der Waals surface area contributed by atoms with Crippen LogP contribution in [0, 0.1) is 20.8 Å². The van der Waals surface area contributed by atoms with E-state index in [9.17, 15) is 4.79 Å². The third-order valence-electron chi connectivity index (χ3n) is 4.67. The number of hydrogen-bond donors (Lipinski definition) is 2. The monoisotopic (exact) mass is 394 g/mol. The first kappa shape index (κ1) is 18.7. The molecule has 150 valence electrons. The van der Waals surface area contributed by atoms with Crippen LogP contribution in [0.5, 0.6) is 11.5 Å². The molecule has 1 aliphatic rings. The summed E-state index contributed by atoms with van der Waals surface area (Å²) in [6.07, 6.45) is 1.75. The Morgan fingerprint density at radius 1 is 1.10 bits per heavy atom. The maximum atomic E-state index is 12.3. The number of benzene rings is 1. The lowest BCUT2D eigenvalue weighted by atomic mass is 10.2. The summed E-state index contributed by atoms with van der Waals surface area (Å²) in [7, 11) is 0. The SMILES string of the molecule is Cc1nc(NCCNC(=O)c2ccc3c(c2)OCO3)cc(-n2cnc(C)c2C)n1. The minimum Gasteiger partial charge on any atom is -0.454 e. The molecular weight excluding hydrogens is 372 g/mol. The van der Waals surface area contributed by atoms with E-state index in [0.29, 0.717) is 41.8 Å². The van der Waals surface area contributed by atoms with E-state index >= 15 is 0 Å². The zero-order chi connectivity index (χ0) is 20.4. The minimum absolute atomic E-state index is 0.172. The number of anilines is 1. The van der Waals surface area contributed by atoms with Gasteiger partial charge in [0.1, 0.15) is 23.8 Å². The van der Waals surface area contributed by atoms with Gasteiger partial charge in [0, 0.05) is 30.4 Å². The normalized spacial score (nSPS) is 12.1. The maximum absolute atomic E-state index is 12.3. The van der Waals surface area contributed by atoms with Crippen molar-refractivity contribution in [3.8, 4) is 17.3 Å². The third kappa shape index (κ3) is 3.98. The summed E-state index contributed by atoms with van der Waals surface area (Å²) in [6, 6.07) is 6.99. The number of rotatable bonds is 6. The van der Waals surface area contributed by atoms with Crippen LogP contribution in [-0.2, 0) is 0 Å². The Hall–Kier alpha value is -3.62. The maximum Gasteiger partial charge on any atom is 0.251 e. The van der Waals surface area contributed by atoms with Crippen LogP contribution in [-0.4, -0.2) is 45.3 Å². The molecule has 9 nitrogen and oxygen atoms in total. The number of ether oxygens (including phenoxy) is 2. The van der Waals surface area contributed by atoms with Crippen molar-refractivity contribution in [2.45, 2.75) is 20.8 Å². The Morgan fingerprint density at radius 2 is 1.93 bits per heavy atom. The Morgan fingerprint density at radius 3 is 2.72 bits per heavy atom. The highest BCUT2D eigenvalue weighted by Crippen LogP contribution is 2.32. The van der Waals surface area contributed by atoms with E-state index in [-0.39, 0.29) is 12.7 Å². The first-order valence-corrected chi connectivity index (χ1v) is 9.29. The van der Waals surface area contributed by atoms with Crippen molar-refractivity contribution in [2.24, 2.45) is 0 Å². The summed E-state index contributed by atoms with van der Waals surface area (Å²) < 4.78 is 12.5. The van der Waals surface area contributed by atoms with E-state index in [2.05, 4.69) is 25.6 Å². The molecule has 0 fully saturated rings. The Bertz CT molecular complexity index is 1060. The van der Waals surface area contributed by atoms with Gasteiger partial charge in [-0.25, -0.2) is 15.0 Å². The number of carbonyl (C=O) groups excluding carboxylic acids is 1. The number of fused-ring (bicyclic) bond motifs is 1. The topological polar surface area (TPSA) is 103 Å². The van der Waals surface area contributed by atoms with Crippen LogP contribution < -0.4 is 20.1 Å². The van der Waals surface area contributed by atoms with E-state index in [1.54, 1.807) is 24.5 Å². The molecule has 0 atom stereocenters. The lowest BCUT2D eigenvalue weighted by Crippen LogP contribution is -2.29. The summed E-state index contributed by atoms with van der Waals surface area (Å²) >= 11 is 0. The highest BCUT2D eigenvalue weighted by Gasteiger charge is 2.16. The predicted octanol–water partition coefficient (Wildman–Crippen LogP) is 2.16. The fourth-order valence-corrected chi connectivity index (χ4v) is 3.00. The van der Waals surface area contributed by atoms with E-state index in [1.165, 1.54) is 0 Å². The molecule has 0 radical (unpaired) electrons. The zero-order valence-corrected chi connectivity index (χ0v) is 16.5. The fourth-order valence-electron chi connectivity index (χ4n) is 3.00. The van der Waals surface area contributed by atoms with Gasteiger partial charge in [-0.3, -0.25) is 9.36 Å². The number of nitrogens with one attached hydrogen (secondary N) is 2. The molecule has 0 saturated heterocycles. The van der Waals surface area contributed by atoms with Crippen LogP contribution >= 0.6 is 0 Å². The molecule has 3 aromatic rings. The van der Waals surface area contributed by atoms with E-state index in [4.69, 9.17) is 9.47 Å². The lowest BCUT2D eigenvalue weighted by Gasteiger charge is -2.11. The smallest absolute Gasteiger partial charge is 0.251 e. The van der Waals surface area contributed by atoms with Crippen molar-refractivity contribution in [3.05, 3.63) is 53.4 Å². The number of aromatic nitrogens is 4. The fraction of sp³-hybridized carbons (Fsp3) is 0.300. The second-order valence-electron chi connectivity index (χ2n) is 6.69. The lowest BCUT2D eigenvalue weighted by molar-refractivity contribution is 0.0954. The molecule has 4 rings (SSSR count). The van der Waals surface area contributed by atoms with E-state index in [1.807, 2.05) is 31.4 Å². The molecular formula is C20H22N6O3. The average Bonchev–Trinajstić information content (AvgIpc) is 3.31. The average molecular weight is 394 g/mol. The Labute approximate surface area is 168 Å². The van der Waals surface area contributed by atoms with Gasteiger partial charge in [0.15, 0.2) is 11.5 Å². The molecule has 1 amide bonds. The van der Waals surface area contributed by atoms with Crippen LogP contribution in [0.3, 0.4) is 0 Å². The van der Waals surface area contributed by atoms with Crippen LogP contribution in [0.2, 0.25) is 0 Å². The zero-order valence-electron chi connectivity index (χ0n) is 16.5. The van der Waals surface area contributed by atoms with Crippen molar-refractivity contribution in [3.63, 3.8) is 0 Å². The molecule has 0 unspecified atom stereocenters. The summed E-state index contributed by atoms with van der Waals surface area (Å²) in [5, 5.41) is 6.10. The Balaban J connectivity index is 1.35. The van der Waals surface area contributed by atoms with Crippen LogP contribution in [0.1, 0.15) is 27.6 Å². The van der Waals surface area contributed by atoms with Crippen LogP contribution in [0.25, 0.3) is 5.82 Å². The van der Waals surface area contributed by atoms with Gasteiger partial charge in [-0.2, -0.15) is 0 Å². The molecule has 3 heterocycles. The molecule has 2 N–H and O–H groups in total. The summed E-state index contributed by atoms with van der Waals surface area (Å²) in [6.45, 7) is 6.95. The molecule has 29 heavy (non-hydrogen) atoms. The van der Waals surface area contributed by atoms with Crippen molar-refractivity contribution < 1.29 is 14.3 Å². The molecule has 1 aromatic carbocycles. The van der Waals surface area contributed by atoms with Crippen molar-refractivity contribution in [1.82, 2.24) is 24.8 Å². The van der Waals surface area contributed by atoms with Gasteiger partial charge in [0.25, 0.3) is 5.91 Å².